The molecular formula is C16H11NO2. The predicted octanol–water partition coefficient (Wildman–Crippen LogP) is 3.27. The summed E-state index contributed by atoms with van der Waals surface area (Å²) in [6, 6.07) is 14.0. The SMILES string of the molecule is O=C1C=CC(=Nc2ccc(O)cc2)c2ccccc21. The van der Waals surface area contributed by atoms with Gasteiger partial charge in [-0.1, -0.05) is 24.3 Å². The summed E-state index contributed by atoms with van der Waals surface area (Å²) < 4.78 is 0. The Morgan fingerprint density at radius 1 is 0.842 bits per heavy atom. The van der Waals surface area contributed by atoms with Crippen LogP contribution in [0.5, 0.6) is 5.75 Å². The van der Waals surface area contributed by atoms with Gasteiger partial charge in [-0.2, -0.15) is 0 Å². The molecule has 0 radical (unpaired) electrons. The maximum absolute atomic E-state index is 11.8. The fraction of sp³-hybridized carbons (Fsp3) is 0. The number of fused-ring (bicyclic) bond motifs is 1. The molecule has 0 bridgehead atoms. The van der Waals surface area contributed by atoms with Crippen molar-refractivity contribution < 1.29 is 9.90 Å². The zero-order valence-electron chi connectivity index (χ0n) is 10.1. The van der Waals surface area contributed by atoms with E-state index < -0.39 is 0 Å². The number of phenolic OH excluding ortho intramolecular Hbond substituents is 1. The van der Waals surface area contributed by atoms with E-state index in [1.165, 1.54) is 6.08 Å². The van der Waals surface area contributed by atoms with Crippen LogP contribution in [-0.4, -0.2) is 16.6 Å². The molecule has 0 aromatic heterocycles. The van der Waals surface area contributed by atoms with Crippen LogP contribution in [0.25, 0.3) is 0 Å². The zero-order valence-corrected chi connectivity index (χ0v) is 10.1. The number of ketones is 1. The Hall–Kier alpha value is -2.68. The molecule has 0 saturated carbocycles. The summed E-state index contributed by atoms with van der Waals surface area (Å²) >= 11 is 0. The van der Waals surface area contributed by atoms with Crippen molar-refractivity contribution in [2.24, 2.45) is 4.99 Å². The van der Waals surface area contributed by atoms with Gasteiger partial charge in [-0.3, -0.25) is 4.79 Å². The summed E-state index contributed by atoms with van der Waals surface area (Å²) in [7, 11) is 0. The number of carbonyl (C=O) groups is 1. The van der Waals surface area contributed by atoms with Crippen molar-refractivity contribution in [3.8, 4) is 5.75 Å². The molecule has 3 heteroatoms. The van der Waals surface area contributed by atoms with Crippen molar-refractivity contribution in [2.45, 2.75) is 0 Å². The Morgan fingerprint density at radius 3 is 2.26 bits per heavy atom. The van der Waals surface area contributed by atoms with Crippen LogP contribution in [0, 0.1) is 0 Å². The van der Waals surface area contributed by atoms with Crippen LogP contribution in [0.4, 0.5) is 5.69 Å². The summed E-state index contributed by atoms with van der Waals surface area (Å²) in [5, 5.41) is 9.25. The summed E-state index contributed by atoms with van der Waals surface area (Å²) in [6.07, 6.45) is 3.25. The number of phenols is 1. The fourth-order valence-electron chi connectivity index (χ4n) is 2.02. The second-order valence-corrected chi connectivity index (χ2v) is 4.26. The van der Waals surface area contributed by atoms with E-state index in [0.29, 0.717) is 5.56 Å². The lowest BCUT2D eigenvalue weighted by atomic mass is 9.94. The first-order chi connectivity index (χ1) is 9.24. The lowest BCUT2D eigenvalue weighted by Gasteiger charge is -2.11. The van der Waals surface area contributed by atoms with E-state index in [4.69, 9.17) is 0 Å². The molecule has 0 aliphatic heterocycles. The molecule has 19 heavy (non-hydrogen) atoms. The molecule has 0 fully saturated rings. The van der Waals surface area contributed by atoms with Gasteiger partial charge in [0.05, 0.1) is 11.4 Å². The Bertz CT molecular complexity index is 697. The van der Waals surface area contributed by atoms with Crippen molar-refractivity contribution >= 4 is 17.2 Å². The van der Waals surface area contributed by atoms with Crippen LogP contribution in [0.3, 0.4) is 0 Å². The summed E-state index contributed by atoms with van der Waals surface area (Å²) in [5.41, 5.74) is 2.99. The number of allylic oxidation sites excluding steroid dienone is 2. The average Bonchev–Trinajstić information content (AvgIpc) is 2.45. The second kappa shape index (κ2) is 4.53. The number of hydrogen-bond acceptors (Lipinski definition) is 3. The van der Waals surface area contributed by atoms with Crippen LogP contribution in [0.2, 0.25) is 0 Å². The largest absolute Gasteiger partial charge is 0.508 e. The van der Waals surface area contributed by atoms with Gasteiger partial charge in [-0.15, -0.1) is 0 Å². The topological polar surface area (TPSA) is 49.7 Å². The van der Waals surface area contributed by atoms with Crippen molar-refractivity contribution in [1.82, 2.24) is 0 Å². The van der Waals surface area contributed by atoms with Crippen molar-refractivity contribution in [3.05, 3.63) is 71.8 Å². The average molecular weight is 249 g/mol. The van der Waals surface area contributed by atoms with Crippen LogP contribution in [0.15, 0.2) is 65.7 Å². The minimum absolute atomic E-state index is 0.000237. The van der Waals surface area contributed by atoms with E-state index in [9.17, 15) is 9.90 Å². The van der Waals surface area contributed by atoms with Gasteiger partial charge in [0.1, 0.15) is 5.75 Å². The Balaban J connectivity index is 2.08. The molecule has 0 saturated heterocycles. The van der Waals surface area contributed by atoms with Gasteiger partial charge in [0, 0.05) is 11.1 Å². The minimum Gasteiger partial charge on any atom is -0.508 e. The standard InChI is InChI=1S/C16H11NO2/c18-12-7-5-11(6-8-12)17-15-9-10-16(19)14-4-2-1-3-13(14)15/h1-10,18H. The van der Waals surface area contributed by atoms with Gasteiger partial charge < -0.3 is 5.11 Å². The highest BCUT2D eigenvalue weighted by Crippen LogP contribution is 2.22. The number of benzene rings is 2. The van der Waals surface area contributed by atoms with E-state index >= 15 is 0 Å². The third-order valence-electron chi connectivity index (χ3n) is 2.96. The number of aromatic hydroxyl groups is 1. The highest BCUT2D eigenvalue weighted by Gasteiger charge is 2.16. The molecule has 0 heterocycles. The van der Waals surface area contributed by atoms with E-state index in [1.807, 2.05) is 18.2 Å². The Labute approximate surface area is 110 Å². The van der Waals surface area contributed by atoms with E-state index in [0.717, 1.165) is 17.0 Å². The van der Waals surface area contributed by atoms with E-state index in [1.54, 1.807) is 36.4 Å². The maximum Gasteiger partial charge on any atom is 0.186 e. The van der Waals surface area contributed by atoms with Gasteiger partial charge in [-0.25, -0.2) is 4.99 Å². The first-order valence-corrected chi connectivity index (χ1v) is 5.93. The molecule has 92 valence electrons. The molecule has 0 unspecified atom stereocenters. The third kappa shape index (κ3) is 2.18. The number of aliphatic imine (C=N–C) groups is 1. The van der Waals surface area contributed by atoms with Gasteiger partial charge in [0.15, 0.2) is 5.78 Å². The minimum atomic E-state index is 0.000237. The molecule has 0 spiro atoms. The van der Waals surface area contributed by atoms with Crippen LogP contribution in [-0.2, 0) is 0 Å². The quantitative estimate of drug-likeness (QED) is 0.843. The monoisotopic (exact) mass is 249 g/mol. The highest BCUT2D eigenvalue weighted by atomic mass is 16.3. The molecule has 0 amide bonds. The number of rotatable bonds is 1. The van der Waals surface area contributed by atoms with Crippen LogP contribution >= 0.6 is 0 Å². The molecule has 2 aromatic carbocycles. The fourth-order valence-corrected chi connectivity index (χ4v) is 2.02. The van der Waals surface area contributed by atoms with Gasteiger partial charge in [-0.05, 0) is 36.4 Å². The molecule has 3 nitrogen and oxygen atoms in total. The highest BCUT2D eigenvalue weighted by molar-refractivity contribution is 6.24. The first-order valence-electron chi connectivity index (χ1n) is 5.93. The van der Waals surface area contributed by atoms with Crippen molar-refractivity contribution in [1.29, 1.82) is 0 Å². The molecular weight excluding hydrogens is 238 g/mol. The second-order valence-electron chi connectivity index (χ2n) is 4.26. The Kier molecular flexibility index (Phi) is 2.72. The van der Waals surface area contributed by atoms with E-state index in [2.05, 4.69) is 4.99 Å². The van der Waals surface area contributed by atoms with Crippen molar-refractivity contribution in [3.63, 3.8) is 0 Å². The summed E-state index contributed by atoms with van der Waals surface area (Å²) in [6.45, 7) is 0. The molecule has 0 atom stereocenters. The van der Waals surface area contributed by atoms with Gasteiger partial charge in [0.2, 0.25) is 0 Å². The normalized spacial score (nSPS) is 15.6. The van der Waals surface area contributed by atoms with Crippen LogP contribution < -0.4 is 0 Å². The number of nitrogens with zero attached hydrogens (tertiary/aromatic N) is 1. The smallest absolute Gasteiger partial charge is 0.186 e. The summed E-state index contributed by atoms with van der Waals surface area (Å²) in [4.78, 5) is 16.3. The lowest BCUT2D eigenvalue weighted by Crippen LogP contribution is -2.11. The number of hydrogen-bond donors (Lipinski definition) is 1. The van der Waals surface area contributed by atoms with Crippen LogP contribution in [0.1, 0.15) is 15.9 Å². The van der Waals surface area contributed by atoms with E-state index in [-0.39, 0.29) is 11.5 Å². The third-order valence-corrected chi connectivity index (χ3v) is 2.96. The van der Waals surface area contributed by atoms with Crippen molar-refractivity contribution in [2.75, 3.05) is 0 Å². The van der Waals surface area contributed by atoms with Gasteiger partial charge in [0.25, 0.3) is 0 Å². The Morgan fingerprint density at radius 2 is 1.53 bits per heavy atom. The predicted molar refractivity (Wildman–Crippen MR) is 74.2 cm³/mol. The zero-order chi connectivity index (χ0) is 13.2. The molecule has 1 aliphatic rings. The number of carbonyl (C=O) groups excluding carboxylic acids is 1. The lowest BCUT2D eigenvalue weighted by molar-refractivity contribution is 0.104. The maximum atomic E-state index is 11.8. The molecule has 3 rings (SSSR count). The molecule has 2 aromatic rings. The molecule has 1 N–H and O–H groups in total. The molecule has 1 aliphatic carbocycles. The first kappa shape index (κ1) is 11.4. The van der Waals surface area contributed by atoms with Gasteiger partial charge >= 0.3 is 0 Å². The summed E-state index contributed by atoms with van der Waals surface area (Å²) in [5.74, 6) is 0.207.